The monoisotopic (exact) mass is 165 g/mol. The van der Waals surface area contributed by atoms with Gasteiger partial charge in [-0.25, -0.2) is 0 Å². The zero-order chi connectivity index (χ0) is 8.72. The third-order valence-electron chi connectivity index (χ3n) is 2.94. The van der Waals surface area contributed by atoms with Crippen molar-refractivity contribution in [1.29, 1.82) is 0 Å². The fourth-order valence-electron chi connectivity index (χ4n) is 2.39. The van der Waals surface area contributed by atoms with Crippen molar-refractivity contribution in [2.45, 2.75) is 45.7 Å². The van der Waals surface area contributed by atoms with Gasteiger partial charge in [-0.1, -0.05) is 25.5 Å². The summed E-state index contributed by atoms with van der Waals surface area (Å²) >= 11 is 0. The van der Waals surface area contributed by atoms with Crippen LogP contribution in [0.4, 0.5) is 0 Å². The Labute approximate surface area is 75.4 Å². The molecule has 0 N–H and O–H groups in total. The molecule has 1 nitrogen and oxygen atoms in total. The minimum Gasteiger partial charge on any atom is -0.290 e. The van der Waals surface area contributed by atoms with Gasteiger partial charge in [0, 0.05) is 18.6 Å². The quantitative estimate of drug-likeness (QED) is 0.448. The summed E-state index contributed by atoms with van der Waals surface area (Å²) in [4.78, 5) is 2.63. The summed E-state index contributed by atoms with van der Waals surface area (Å²) in [6, 6.07) is 1.68. The number of fused-ring (bicyclic) bond motifs is 1. The predicted molar refractivity (Wildman–Crippen MR) is 52.1 cm³/mol. The molecule has 0 bridgehead atoms. The van der Waals surface area contributed by atoms with E-state index in [0.29, 0.717) is 0 Å². The lowest BCUT2D eigenvalue weighted by Crippen LogP contribution is -2.25. The molecule has 0 aliphatic carbocycles. The first-order chi connectivity index (χ1) is 5.66. The first-order valence-corrected chi connectivity index (χ1v) is 5.10. The minimum atomic E-state index is 0.822. The van der Waals surface area contributed by atoms with Crippen molar-refractivity contribution in [2.75, 3.05) is 6.54 Å². The number of hydrogen-bond donors (Lipinski definition) is 0. The molecule has 2 rings (SSSR count). The first kappa shape index (κ1) is 8.31. The van der Waals surface area contributed by atoms with Crippen LogP contribution in [0.2, 0.25) is 0 Å². The van der Waals surface area contributed by atoms with Gasteiger partial charge in [-0.15, -0.1) is 0 Å². The fourth-order valence-corrected chi connectivity index (χ4v) is 2.39. The van der Waals surface area contributed by atoms with Crippen molar-refractivity contribution in [2.24, 2.45) is 5.92 Å². The highest BCUT2D eigenvalue weighted by Gasteiger charge is 2.40. The Hall–Kier alpha value is -0.300. The van der Waals surface area contributed by atoms with Gasteiger partial charge in [-0.2, -0.15) is 0 Å². The van der Waals surface area contributed by atoms with Gasteiger partial charge in [0.25, 0.3) is 0 Å². The molecule has 3 unspecified atom stereocenters. The normalized spacial score (nSPS) is 39.3. The maximum Gasteiger partial charge on any atom is 0.0412 e. The van der Waals surface area contributed by atoms with Crippen LogP contribution in [0, 0.1) is 5.92 Å². The van der Waals surface area contributed by atoms with E-state index in [2.05, 4.69) is 31.7 Å². The zero-order valence-corrected chi connectivity index (χ0v) is 8.38. The van der Waals surface area contributed by atoms with E-state index in [1.165, 1.54) is 19.4 Å². The summed E-state index contributed by atoms with van der Waals surface area (Å²) in [5.74, 6) is 0.849. The van der Waals surface area contributed by atoms with Gasteiger partial charge in [0.05, 0.1) is 0 Å². The molecular formula is C11H19N. The van der Waals surface area contributed by atoms with Crippen LogP contribution in [0.15, 0.2) is 11.6 Å². The molecule has 1 fully saturated rings. The van der Waals surface area contributed by atoms with E-state index >= 15 is 0 Å². The maximum absolute atomic E-state index is 2.63. The van der Waals surface area contributed by atoms with E-state index in [1.807, 2.05) is 0 Å². The van der Waals surface area contributed by atoms with Gasteiger partial charge in [0.2, 0.25) is 0 Å². The van der Waals surface area contributed by atoms with Crippen LogP contribution in [0.1, 0.15) is 33.6 Å². The minimum absolute atomic E-state index is 0.822. The molecule has 0 spiro atoms. The van der Waals surface area contributed by atoms with Crippen LogP contribution < -0.4 is 0 Å². The molecule has 0 amide bonds. The molecule has 1 saturated heterocycles. The van der Waals surface area contributed by atoms with E-state index in [4.69, 9.17) is 0 Å². The summed E-state index contributed by atoms with van der Waals surface area (Å²) in [5.41, 5.74) is 1.61. The summed E-state index contributed by atoms with van der Waals surface area (Å²) in [6.45, 7) is 8.26. The third kappa shape index (κ3) is 1.56. The molecule has 2 heterocycles. The predicted octanol–water partition coefficient (Wildman–Crippen LogP) is 2.44. The highest BCUT2D eigenvalue weighted by molar-refractivity contribution is 5.19. The standard InChI is InChI=1S/C11H19N/c1-8(2)4-10-5-9(3)6-11-7-12(10)11/h6,8,10-11H,4-5,7H2,1-3H3. The topological polar surface area (TPSA) is 3.01 Å². The van der Waals surface area contributed by atoms with Crippen LogP contribution in [0.5, 0.6) is 0 Å². The molecule has 0 radical (unpaired) electrons. The second kappa shape index (κ2) is 2.88. The summed E-state index contributed by atoms with van der Waals surface area (Å²) in [7, 11) is 0. The molecule has 0 saturated carbocycles. The second-order valence-corrected chi connectivity index (χ2v) is 4.76. The Kier molecular flexibility index (Phi) is 1.99. The van der Waals surface area contributed by atoms with Gasteiger partial charge in [0.15, 0.2) is 0 Å². The lowest BCUT2D eigenvalue weighted by atomic mass is 9.95. The highest BCUT2D eigenvalue weighted by atomic mass is 15.3. The Morgan fingerprint density at radius 2 is 2.33 bits per heavy atom. The number of hydrogen-bond acceptors (Lipinski definition) is 1. The van der Waals surface area contributed by atoms with Crippen molar-refractivity contribution in [1.82, 2.24) is 4.90 Å². The lowest BCUT2D eigenvalue weighted by Gasteiger charge is -2.24. The highest BCUT2D eigenvalue weighted by Crippen LogP contribution is 2.35. The Morgan fingerprint density at radius 1 is 1.58 bits per heavy atom. The van der Waals surface area contributed by atoms with Gasteiger partial charge >= 0.3 is 0 Å². The largest absolute Gasteiger partial charge is 0.290 e. The molecule has 68 valence electrons. The van der Waals surface area contributed by atoms with E-state index < -0.39 is 0 Å². The Bertz CT molecular complexity index is 205. The van der Waals surface area contributed by atoms with Crippen LogP contribution in [0.3, 0.4) is 0 Å². The molecule has 0 aromatic carbocycles. The average molecular weight is 165 g/mol. The van der Waals surface area contributed by atoms with Crippen molar-refractivity contribution in [3.63, 3.8) is 0 Å². The number of rotatable bonds is 2. The summed E-state index contributed by atoms with van der Waals surface area (Å²) in [5, 5.41) is 0. The van der Waals surface area contributed by atoms with Crippen LogP contribution in [0.25, 0.3) is 0 Å². The Morgan fingerprint density at radius 3 is 3.00 bits per heavy atom. The van der Waals surface area contributed by atoms with Gasteiger partial charge in [0.1, 0.15) is 0 Å². The summed E-state index contributed by atoms with van der Waals surface area (Å²) < 4.78 is 0. The average Bonchev–Trinajstić information content (AvgIpc) is 2.64. The van der Waals surface area contributed by atoms with Gasteiger partial charge in [-0.05, 0) is 25.7 Å². The second-order valence-electron chi connectivity index (χ2n) is 4.76. The molecule has 12 heavy (non-hydrogen) atoms. The molecule has 3 atom stereocenters. The molecule has 0 aromatic rings. The van der Waals surface area contributed by atoms with Crippen molar-refractivity contribution >= 4 is 0 Å². The van der Waals surface area contributed by atoms with Crippen LogP contribution >= 0.6 is 0 Å². The lowest BCUT2D eigenvalue weighted by molar-refractivity contribution is 0.311. The van der Waals surface area contributed by atoms with Crippen LogP contribution in [-0.4, -0.2) is 23.5 Å². The summed E-state index contributed by atoms with van der Waals surface area (Å²) in [6.07, 6.45) is 5.13. The molecule has 0 aromatic heterocycles. The fraction of sp³-hybridized carbons (Fsp3) is 0.818. The molecular weight excluding hydrogens is 146 g/mol. The third-order valence-corrected chi connectivity index (χ3v) is 2.94. The van der Waals surface area contributed by atoms with Gasteiger partial charge in [-0.3, -0.25) is 4.90 Å². The smallest absolute Gasteiger partial charge is 0.0412 e. The molecule has 1 heteroatoms. The van der Waals surface area contributed by atoms with Crippen molar-refractivity contribution in [3.05, 3.63) is 11.6 Å². The van der Waals surface area contributed by atoms with E-state index in [0.717, 1.165) is 18.0 Å². The molecule has 2 aliphatic heterocycles. The Balaban J connectivity index is 1.96. The van der Waals surface area contributed by atoms with E-state index in [9.17, 15) is 0 Å². The van der Waals surface area contributed by atoms with Crippen LogP contribution in [-0.2, 0) is 0 Å². The SMILES string of the molecule is CC1=CC2CN2C(CC(C)C)C1. The van der Waals surface area contributed by atoms with E-state index in [1.54, 1.807) is 5.57 Å². The zero-order valence-electron chi connectivity index (χ0n) is 8.38. The van der Waals surface area contributed by atoms with Crippen molar-refractivity contribution < 1.29 is 0 Å². The first-order valence-electron chi connectivity index (χ1n) is 5.10. The van der Waals surface area contributed by atoms with E-state index in [-0.39, 0.29) is 0 Å². The maximum atomic E-state index is 2.63. The van der Waals surface area contributed by atoms with Crippen molar-refractivity contribution in [3.8, 4) is 0 Å². The van der Waals surface area contributed by atoms with Gasteiger partial charge < -0.3 is 0 Å². The molecule has 2 aliphatic rings. The number of nitrogens with zero attached hydrogens (tertiary/aromatic N) is 1.